The average Bonchev–Trinajstić information content (AvgIpc) is 2.89. The predicted octanol–water partition coefficient (Wildman–Crippen LogP) is 3.84. The summed E-state index contributed by atoms with van der Waals surface area (Å²) < 4.78 is 0. The molecule has 4 rings (SSSR count). The third-order valence-corrected chi connectivity index (χ3v) is 7.97. The number of likely N-dealkylation sites (tertiary alicyclic amines) is 1. The molecule has 8 nitrogen and oxygen atoms in total. The average molecular weight is 545 g/mol. The van der Waals surface area contributed by atoms with Crippen LogP contribution in [0.25, 0.3) is 0 Å². The Kier molecular flexibility index (Phi) is 10.1. The number of piperazine rings is 1. The van der Waals surface area contributed by atoms with Crippen LogP contribution in [0.3, 0.4) is 0 Å². The maximum absolute atomic E-state index is 12.6. The fourth-order valence-electron chi connectivity index (χ4n) is 4.98. The third-order valence-electron chi connectivity index (χ3n) is 6.93. The quantitative estimate of drug-likeness (QED) is 0.292. The summed E-state index contributed by atoms with van der Waals surface area (Å²) in [5.41, 5.74) is 1.32. The van der Waals surface area contributed by atoms with Crippen LogP contribution in [0.15, 0.2) is 41.6 Å². The van der Waals surface area contributed by atoms with E-state index >= 15 is 0 Å². The van der Waals surface area contributed by atoms with Gasteiger partial charge in [-0.2, -0.15) is 0 Å². The number of piperidine rings is 1. The Morgan fingerprint density at radius 3 is 2.57 bits per heavy atom. The molecule has 0 saturated carbocycles. The van der Waals surface area contributed by atoms with Crippen molar-refractivity contribution in [3.63, 3.8) is 0 Å². The van der Waals surface area contributed by atoms with E-state index in [1.165, 1.54) is 17.3 Å². The number of nitrogens with zero attached hydrogens (tertiary/aromatic N) is 5. The summed E-state index contributed by atoms with van der Waals surface area (Å²) in [6.45, 7) is 9.04. The van der Waals surface area contributed by atoms with E-state index in [9.17, 15) is 9.59 Å². The molecule has 1 unspecified atom stereocenters. The molecule has 1 N–H and O–H groups in total. The van der Waals surface area contributed by atoms with Gasteiger partial charge in [-0.3, -0.25) is 14.5 Å². The van der Waals surface area contributed by atoms with Crippen molar-refractivity contribution in [2.45, 2.75) is 63.3 Å². The highest BCUT2D eigenvalue weighted by molar-refractivity contribution is 7.99. The standard InChI is InChI=1S/C27H37ClN6O2S/c1-3-7-26(36)34-15-14-33(17-20(34)2)24-16-23(28)30-27(31-24)37-19-25(35)29-22-10-12-32(13-11-22)18-21-8-5-4-6-9-21/h4-6,8-9,16,20,22H,3,7,10-15,17-19H2,1-2H3,(H,29,35). The van der Waals surface area contributed by atoms with Crippen molar-refractivity contribution in [2.24, 2.45) is 0 Å². The highest BCUT2D eigenvalue weighted by atomic mass is 35.5. The Morgan fingerprint density at radius 2 is 1.86 bits per heavy atom. The number of thioether (sulfide) groups is 1. The molecule has 2 saturated heterocycles. The first-order valence-electron chi connectivity index (χ1n) is 13.2. The first-order valence-corrected chi connectivity index (χ1v) is 14.5. The van der Waals surface area contributed by atoms with Crippen molar-refractivity contribution in [3.8, 4) is 0 Å². The van der Waals surface area contributed by atoms with Crippen LogP contribution in [0.2, 0.25) is 5.15 Å². The molecule has 10 heteroatoms. The van der Waals surface area contributed by atoms with E-state index in [0.29, 0.717) is 36.4 Å². The summed E-state index contributed by atoms with van der Waals surface area (Å²) >= 11 is 7.61. The van der Waals surface area contributed by atoms with E-state index in [1.54, 1.807) is 6.07 Å². The number of hydrogen-bond acceptors (Lipinski definition) is 7. The Morgan fingerprint density at radius 1 is 1.11 bits per heavy atom. The van der Waals surface area contributed by atoms with Crippen LogP contribution >= 0.6 is 23.4 Å². The minimum absolute atomic E-state index is 0.00620. The lowest BCUT2D eigenvalue weighted by Crippen LogP contribution is -2.54. The molecule has 0 aliphatic carbocycles. The normalized spacial score (nSPS) is 19.2. The minimum atomic E-state index is -0.00620. The third kappa shape index (κ3) is 8.06. The fourth-order valence-corrected chi connectivity index (χ4v) is 5.87. The summed E-state index contributed by atoms with van der Waals surface area (Å²) in [6.07, 6.45) is 3.34. The van der Waals surface area contributed by atoms with Gasteiger partial charge in [0, 0.05) is 63.8 Å². The van der Waals surface area contributed by atoms with Gasteiger partial charge in [-0.05, 0) is 31.7 Å². The molecule has 0 spiro atoms. The van der Waals surface area contributed by atoms with Crippen LogP contribution in [-0.2, 0) is 16.1 Å². The smallest absolute Gasteiger partial charge is 0.230 e. The summed E-state index contributed by atoms with van der Waals surface area (Å²) in [7, 11) is 0. The zero-order valence-corrected chi connectivity index (χ0v) is 23.3. The lowest BCUT2D eigenvalue weighted by molar-refractivity contribution is -0.133. The predicted molar refractivity (Wildman–Crippen MR) is 149 cm³/mol. The van der Waals surface area contributed by atoms with Gasteiger partial charge < -0.3 is 15.1 Å². The first-order chi connectivity index (χ1) is 17.9. The van der Waals surface area contributed by atoms with Gasteiger partial charge in [0.1, 0.15) is 11.0 Å². The van der Waals surface area contributed by atoms with Gasteiger partial charge in [-0.25, -0.2) is 9.97 Å². The molecule has 2 amide bonds. The highest BCUT2D eigenvalue weighted by Gasteiger charge is 2.28. The number of anilines is 1. The second-order valence-corrected chi connectivity index (χ2v) is 11.2. The lowest BCUT2D eigenvalue weighted by Gasteiger charge is -2.40. The van der Waals surface area contributed by atoms with Crippen molar-refractivity contribution >= 4 is 41.0 Å². The second kappa shape index (κ2) is 13.4. The Labute approximate surface area is 229 Å². The van der Waals surface area contributed by atoms with E-state index in [-0.39, 0.29) is 29.7 Å². The zero-order valence-electron chi connectivity index (χ0n) is 21.7. The monoisotopic (exact) mass is 544 g/mol. The molecule has 1 aromatic heterocycles. The number of rotatable bonds is 9. The number of halogens is 1. The first kappa shape index (κ1) is 27.7. The summed E-state index contributed by atoms with van der Waals surface area (Å²) in [5.74, 6) is 1.19. The number of hydrogen-bond donors (Lipinski definition) is 1. The van der Waals surface area contributed by atoms with E-state index in [1.807, 2.05) is 17.9 Å². The summed E-state index contributed by atoms with van der Waals surface area (Å²) in [4.78, 5) is 40.5. The molecular weight excluding hydrogens is 508 g/mol. The SMILES string of the molecule is CCCC(=O)N1CCN(c2cc(Cl)nc(SCC(=O)NC3CCN(Cc4ccccc4)CC3)n2)CC1C. The molecule has 0 radical (unpaired) electrons. The number of carbonyl (C=O) groups is 2. The number of benzene rings is 1. The van der Waals surface area contributed by atoms with Gasteiger partial charge in [0.25, 0.3) is 0 Å². The topological polar surface area (TPSA) is 81.7 Å². The Hall–Kier alpha value is -2.36. The van der Waals surface area contributed by atoms with Crippen LogP contribution in [0, 0.1) is 0 Å². The van der Waals surface area contributed by atoms with Crippen LogP contribution in [0.1, 0.15) is 45.1 Å². The second-order valence-electron chi connectivity index (χ2n) is 9.86. The number of aromatic nitrogens is 2. The zero-order chi connectivity index (χ0) is 26.2. The molecule has 0 bridgehead atoms. The van der Waals surface area contributed by atoms with Crippen molar-refractivity contribution in [1.29, 1.82) is 0 Å². The molecule has 2 aliphatic heterocycles. The summed E-state index contributed by atoms with van der Waals surface area (Å²) in [6, 6.07) is 12.6. The van der Waals surface area contributed by atoms with E-state index < -0.39 is 0 Å². The molecule has 200 valence electrons. The maximum Gasteiger partial charge on any atom is 0.230 e. The van der Waals surface area contributed by atoms with Gasteiger partial charge in [0.15, 0.2) is 5.16 Å². The molecule has 2 aliphatic rings. The van der Waals surface area contributed by atoms with Crippen molar-refractivity contribution in [1.82, 2.24) is 25.1 Å². The van der Waals surface area contributed by atoms with E-state index in [4.69, 9.17) is 11.6 Å². The molecule has 37 heavy (non-hydrogen) atoms. The van der Waals surface area contributed by atoms with Gasteiger partial charge in [-0.1, -0.05) is 60.6 Å². The van der Waals surface area contributed by atoms with Gasteiger partial charge >= 0.3 is 0 Å². The molecule has 1 atom stereocenters. The number of nitrogens with one attached hydrogen (secondary N) is 1. The van der Waals surface area contributed by atoms with Crippen molar-refractivity contribution in [2.75, 3.05) is 43.4 Å². The van der Waals surface area contributed by atoms with Gasteiger partial charge in [-0.15, -0.1) is 0 Å². The van der Waals surface area contributed by atoms with E-state index in [0.717, 1.165) is 44.7 Å². The highest BCUT2D eigenvalue weighted by Crippen LogP contribution is 2.24. The minimum Gasteiger partial charge on any atom is -0.353 e. The maximum atomic E-state index is 12.6. The van der Waals surface area contributed by atoms with Crippen LogP contribution in [-0.4, -0.2) is 82.1 Å². The molecule has 2 fully saturated rings. The van der Waals surface area contributed by atoms with Gasteiger partial charge in [0.05, 0.1) is 5.75 Å². The summed E-state index contributed by atoms with van der Waals surface area (Å²) in [5, 5.41) is 4.03. The molecule has 3 heterocycles. The lowest BCUT2D eigenvalue weighted by atomic mass is 10.0. The van der Waals surface area contributed by atoms with Crippen molar-refractivity contribution < 1.29 is 9.59 Å². The molecule has 1 aromatic carbocycles. The van der Waals surface area contributed by atoms with Crippen molar-refractivity contribution in [3.05, 3.63) is 47.1 Å². The largest absolute Gasteiger partial charge is 0.353 e. The number of carbonyl (C=O) groups excluding carboxylic acids is 2. The van der Waals surface area contributed by atoms with E-state index in [2.05, 4.69) is 56.3 Å². The Bertz CT molecular complexity index is 1050. The number of amides is 2. The fraction of sp³-hybridized carbons (Fsp3) is 0.556. The van der Waals surface area contributed by atoms with Gasteiger partial charge in [0.2, 0.25) is 11.8 Å². The molecule has 2 aromatic rings. The van der Waals surface area contributed by atoms with Crippen LogP contribution < -0.4 is 10.2 Å². The van der Waals surface area contributed by atoms with Crippen LogP contribution in [0.5, 0.6) is 0 Å². The van der Waals surface area contributed by atoms with Crippen LogP contribution in [0.4, 0.5) is 5.82 Å². The molecular formula is C27H37ClN6O2S. The Balaban J connectivity index is 1.23.